The number of likely N-dealkylation sites (tertiary alicyclic amines) is 2. The second kappa shape index (κ2) is 17.7. The maximum atomic E-state index is 12.4. The summed E-state index contributed by atoms with van der Waals surface area (Å²) < 4.78 is 22.5. The van der Waals surface area contributed by atoms with E-state index in [0.29, 0.717) is 26.4 Å². The summed E-state index contributed by atoms with van der Waals surface area (Å²) >= 11 is 0. The van der Waals surface area contributed by atoms with E-state index in [1.165, 1.54) is 0 Å². The largest absolute Gasteiger partial charge is 0.444 e. The van der Waals surface area contributed by atoms with Gasteiger partial charge in [0.1, 0.15) is 11.2 Å². The van der Waals surface area contributed by atoms with Crippen molar-refractivity contribution in [2.24, 2.45) is 0 Å². The van der Waals surface area contributed by atoms with Crippen LogP contribution < -0.4 is 0 Å². The summed E-state index contributed by atoms with van der Waals surface area (Å²) in [6.07, 6.45) is 2.44. The standard InChI is InChI=1S/2C18H27NO4/c2*1-18(2,3)23-17(21)19-15(11-20)9-10-16(19)13-22-12-14-7-5-4-6-8-14/h2*4-8,15-16,20H,9-13H2,1-3H3/t15-,16+;15-,16-/m10/s1. The highest BCUT2D eigenvalue weighted by Gasteiger charge is 2.40. The number of hydrogen-bond donors (Lipinski definition) is 2. The fraction of sp³-hybridized carbons (Fsp3) is 0.611. The maximum Gasteiger partial charge on any atom is 0.410 e. The van der Waals surface area contributed by atoms with Gasteiger partial charge in [-0.25, -0.2) is 9.59 Å². The minimum absolute atomic E-state index is 0.0472. The first kappa shape index (κ1) is 37.3. The lowest BCUT2D eigenvalue weighted by molar-refractivity contribution is -0.00606. The van der Waals surface area contributed by atoms with Crippen LogP contribution in [0.3, 0.4) is 0 Å². The smallest absolute Gasteiger partial charge is 0.410 e. The van der Waals surface area contributed by atoms with Crippen LogP contribution in [0, 0.1) is 0 Å². The quantitative estimate of drug-likeness (QED) is 0.328. The van der Waals surface area contributed by atoms with Crippen LogP contribution in [0.25, 0.3) is 0 Å². The van der Waals surface area contributed by atoms with Crippen LogP contribution in [0.15, 0.2) is 60.7 Å². The van der Waals surface area contributed by atoms with Gasteiger partial charge in [0.2, 0.25) is 0 Å². The van der Waals surface area contributed by atoms with Crippen LogP contribution in [0.4, 0.5) is 9.59 Å². The topological polar surface area (TPSA) is 118 Å². The minimum Gasteiger partial charge on any atom is -0.444 e. The van der Waals surface area contributed by atoms with Crippen molar-refractivity contribution < 1.29 is 38.7 Å². The van der Waals surface area contributed by atoms with Gasteiger partial charge >= 0.3 is 12.2 Å². The maximum absolute atomic E-state index is 12.4. The Morgan fingerprint density at radius 1 is 0.609 bits per heavy atom. The summed E-state index contributed by atoms with van der Waals surface area (Å²) in [4.78, 5) is 28.1. The Kier molecular flexibility index (Phi) is 14.3. The summed E-state index contributed by atoms with van der Waals surface area (Å²) in [5.41, 5.74) is 1.12. The molecular weight excluding hydrogens is 588 g/mol. The van der Waals surface area contributed by atoms with Gasteiger partial charge in [-0.2, -0.15) is 0 Å². The lowest BCUT2D eigenvalue weighted by Gasteiger charge is -2.32. The second-order valence-electron chi connectivity index (χ2n) is 13.9. The molecule has 2 aliphatic rings. The van der Waals surface area contributed by atoms with Gasteiger partial charge in [-0.15, -0.1) is 0 Å². The first-order valence-corrected chi connectivity index (χ1v) is 16.3. The average molecular weight is 643 g/mol. The van der Waals surface area contributed by atoms with Crippen molar-refractivity contribution in [3.63, 3.8) is 0 Å². The molecule has 256 valence electrons. The second-order valence-corrected chi connectivity index (χ2v) is 13.9. The normalized spacial score (nSPS) is 21.5. The van der Waals surface area contributed by atoms with E-state index in [9.17, 15) is 19.8 Å². The Morgan fingerprint density at radius 3 is 1.24 bits per heavy atom. The lowest BCUT2D eigenvalue weighted by atomic mass is 10.2. The number of aliphatic hydroxyl groups is 2. The summed E-state index contributed by atoms with van der Waals surface area (Å²) in [7, 11) is 0. The van der Waals surface area contributed by atoms with Crippen LogP contribution in [0.5, 0.6) is 0 Å². The molecule has 2 amide bonds. The molecular formula is C36H54N2O8. The SMILES string of the molecule is CC(C)(C)OC(=O)N1[C@@H](CO)CC[C@H]1COCc1ccccc1.CC(C)(C)OC(=O)N1[C@H](CO)CC[C@H]1COCc1ccccc1. The van der Waals surface area contributed by atoms with Crippen LogP contribution in [-0.4, -0.2) is 94.0 Å². The van der Waals surface area contributed by atoms with Crippen LogP contribution >= 0.6 is 0 Å². The van der Waals surface area contributed by atoms with Crippen LogP contribution in [0.2, 0.25) is 0 Å². The van der Waals surface area contributed by atoms with Gasteiger partial charge in [0.25, 0.3) is 0 Å². The predicted octanol–water partition coefficient (Wildman–Crippen LogP) is 5.93. The molecule has 2 aliphatic heterocycles. The molecule has 0 unspecified atom stereocenters. The van der Waals surface area contributed by atoms with E-state index < -0.39 is 11.2 Å². The highest BCUT2D eigenvalue weighted by Crippen LogP contribution is 2.28. The number of amides is 2. The third kappa shape index (κ3) is 12.2. The van der Waals surface area contributed by atoms with E-state index in [2.05, 4.69) is 0 Å². The molecule has 0 radical (unpaired) electrons. The Morgan fingerprint density at radius 2 is 0.935 bits per heavy atom. The van der Waals surface area contributed by atoms with E-state index in [1.54, 1.807) is 9.80 Å². The molecule has 0 aliphatic carbocycles. The van der Waals surface area contributed by atoms with Crippen LogP contribution in [0.1, 0.15) is 78.4 Å². The van der Waals surface area contributed by atoms with Crippen molar-refractivity contribution in [1.82, 2.24) is 9.80 Å². The molecule has 0 aromatic heterocycles. The summed E-state index contributed by atoms with van der Waals surface area (Å²) in [6.45, 7) is 12.9. The fourth-order valence-electron chi connectivity index (χ4n) is 5.61. The molecule has 2 aromatic rings. The van der Waals surface area contributed by atoms with Gasteiger partial charge in [0.15, 0.2) is 0 Å². The highest BCUT2D eigenvalue weighted by molar-refractivity contribution is 5.70. The molecule has 10 heteroatoms. The number of ether oxygens (including phenoxy) is 4. The average Bonchev–Trinajstić information content (AvgIpc) is 3.61. The zero-order valence-corrected chi connectivity index (χ0v) is 28.4. The monoisotopic (exact) mass is 642 g/mol. The van der Waals surface area contributed by atoms with Crippen molar-refractivity contribution in [3.05, 3.63) is 71.8 Å². The van der Waals surface area contributed by atoms with Gasteiger partial charge in [0, 0.05) is 0 Å². The van der Waals surface area contributed by atoms with Crippen molar-refractivity contribution >= 4 is 12.2 Å². The molecule has 0 bridgehead atoms. The minimum atomic E-state index is -0.547. The Labute approximate surface area is 274 Å². The van der Waals surface area contributed by atoms with E-state index in [4.69, 9.17) is 18.9 Å². The van der Waals surface area contributed by atoms with Crippen molar-refractivity contribution in [2.45, 2.75) is 116 Å². The van der Waals surface area contributed by atoms with Crippen molar-refractivity contribution in [2.75, 3.05) is 26.4 Å². The number of hydrogen-bond acceptors (Lipinski definition) is 8. The molecule has 0 spiro atoms. The summed E-state index contributed by atoms with van der Waals surface area (Å²) in [5.74, 6) is 0. The van der Waals surface area contributed by atoms with E-state index in [1.807, 2.05) is 102 Å². The number of rotatable bonds is 10. The number of aliphatic hydroxyl groups excluding tert-OH is 2. The highest BCUT2D eigenvalue weighted by atomic mass is 16.6. The number of carbonyl (C=O) groups excluding carboxylic acids is 2. The van der Waals surface area contributed by atoms with Crippen LogP contribution in [-0.2, 0) is 32.2 Å². The molecule has 4 rings (SSSR count). The Hall–Kier alpha value is -3.18. The molecule has 4 atom stereocenters. The van der Waals surface area contributed by atoms with Gasteiger partial charge in [-0.05, 0) is 78.4 Å². The summed E-state index contributed by atoms with van der Waals surface area (Å²) in [5, 5.41) is 19.0. The molecule has 2 heterocycles. The van der Waals surface area contributed by atoms with Gasteiger partial charge in [-0.3, -0.25) is 9.80 Å². The molecule has 46 heavy (non-hydrogen) atoms. The molecule has 2 aromatic carbocycles. The van der Waals surface area contributed by atoms with Gasteiger partial charge in [0.05, 0.1) is 63.8 Å². The zero-order chi connectivity index (χ0) is 33.7. The third-order valence-electron chi connectivity index (χ3n) is 7.71. The molecule has 0 saturated carbocycles. The predicted molar refractivity (Wildman–Crippen MR) is 176 cm³/mol. The van der Waals surface area contributed by atoms with Gasteiger partial charge in [-0.1, -0.05) is 60.7 Å². The Bertz CT molecular complexity index is 1090. The van der Waals surface area contributed by atoms with E-state index >= 15 is 0 Å². The first-order valence-electron chi connectivity index (χ1n) is 16.3. The first-order chi connectivity index (χ1) is 21.8. The third-order valence-corrected chi connectivity index (χ3v) is 7.71. The fourth-order valence-corrected chi connectivity index (χ4v) is 5.61. The molecule has 2 N–H and O–H groups in total. The van der Waals surface area contributed by atoms with E-state index in [-0.39, 0.29) is 49.6 Å². The molecule has 2 fully saturated rings. The molecule has 2 saturated heterocycles. The Balaban J connectivity index is 0.000000250. The van der Waals surface area contributed by atoms with Gasteiger partial charge < -0.3 is 29.2 Å². The summed E-state index contributed by atoms with van der Waals surface area (Å²) in [6, 6.07) is 19.4. The number of nitrogens with zero attached hydrogens (tertiary/aromatic N) is 2. The lowest BCUT2D eigenvalue weighted by Crippen LogP contribution is -2.47. The van der Waals surface area contributed by atoms with E-state index in [0.717, 1.165) is 36.8 Å². The van der Waals surface area contributed by atoms with Crippen molar-refractivity contribution in [1.29, 1.82) is 0 Å². The number of carbonyl (C=O) groups is 2. The number of benzene rings is 2. The van der Waals surface area contributed by atoms with Crippen molar-refractivity contribution in [3.8, 4) is 0 Å². The zero-order valence-electron chi connectivity index (χ0n) is 28.4. The molecule has 10 nitrogen and oxygen atoms in total.